The fourth-order valence-corrected chi connectivity index (χ4v) is 4.08. The molecule has 0 saturated heterocycles. The van der Waals surface area contributed by atoms with E-state index in [1.807, 2.05) is 19.2 Å². The SMILES string of the molecule is CCCCC1CCC(C(NC)c2ccc(F)c(Br)c2)CC1. The number of unbranched alkanes of at least 4 members (excludes halogenated alkanes) is 1. The van der Waals surface area contributed by atoms with Gasteiger partial charge in [0.1, 0.15) is 5.82 Å². The monoisotopic (exact) mass is 355 g/mol. The maximum atomic E-state index is 13.4. The van der Waals surface area contributed by atoms with Crippen LogP contribution in [0.3, 0.4) is 0 Å². The molecule has 0 amide bonds. The lowest BCUT2D eigenvalue weighted by molar-refractivity contribution is 0.218. The van der Waals surface area contributed by atoms with Crippen molar-refractivity contribution >= 4 is 15.9 Å². The van der Waals surface area contributed by atoms with E-state index in [1.165, 1.54) is 50.5 Å². The van der Waals surface area contributed by atoms with Gasteiger partial charge < -0.3 is 5.32 Å². The van der Waals surface area contributed by atoms with E-state index in [9.17, 15) is 4.39 Å². The van der Waals surface area contributed by atoms with Gasteiger partial charge >= 0.3 is 0 Å². The Morgan fingerprint density at radius 3 is 2.57 bits per heavy atom. The summed E-state index contributed by atoms with van der Waals surface area (Å²) in [4.78, 5) is 0. The molecule has 1 aromatic rings. The smallest absolute Gasteiger partial charge is 0.137 e. The first-order chi connectivity index (χ1) is 10.2. The molecule has 0 bridgehead atoms. The van der Waals surface area contributed by atoms with Gasteiger partial charge in [-0.15, -0.1) is 0 Å². The Hall–Kier alpha value is -0.410. The molecular formula is C18H27BrFN. The quantitative estimate of drug-likeness (QED) is 0.675. The molecular weight excluding hydrogens is 329 g/mol. The summed E-state index contributed by atoms with van der Waals surface area (Å²) in [6.07, 6.45) is 9.36. The van der Waals surface area contributed by atoms with Gasteiger partial charge in [0.25, 0.3) is 0 Å². The highest BCUT2D eigenvalue weighted by atomic mass is 79.9. The Bertz CT molecular complexity index is 441. The second kappa shape index (κ2) is 8.28. The average Bonchev–Trinajstić information content (AvgIpc) is 2.50. The number of halogens is 2. The minimum Gasteiger partial charge on any atom is -0.313 e. The van der Waals surface area contributed by atoms with Crippen molar-refractivity contribution < 1.29 is 4.39 Å². The van der Waals surface area contributed by atoms with E-state index in [-0.39, 0.29) is 5.82 Å². The maximum Gasteiger partial charge on any atom is 0.137 e. The van der Waals surface area contributed by atoms with Gasteiger partial charge in [-0.3, -0.25) is 0 Å². The van der Waals surface area contributed by atoms with E-state index in [0.717, 1.165) is 5.92 Å². The molecule has 1 nitrogen and oxygen atoms in total. The maximum absolute atomic E-state index is 13.4. The molecule has 1 aliphatic rings. The van der Waals surface area contributed by atoms with Crippen molar-refractivity contribution in [2.75, 3.05) is 7.05 Å². The van der Waals surface area contributed by atoms with Crippen LogP contribution in [0.4, 0.5) is 4.39 Å². The molecule has 1 fully saturated rings. The van der Waals surface area contributed by atoms with Crippen LogP contribution in [0.2, 0.25) is 0 Å². The standard InChI is InChI=1S/C18H27BrFN/c1-3-4-5-13-6-8-14(9-7-13)18(21-2)15-10-11-17(20)16(19)12-15/h10-14,18,21H,3-9H2,1-2H3. The van der Waals surface area contributed by atoms with Gasteiger partial charge in [0.2, 0.25) is 0 Å². The fraction of sp³-hybridized carbons (Fsp3) is 0.667. The van der Waals surface area contributed by atoms with Gasteiger partial charge in [-0.1, -0.05) is 45.1 Å². The van der Waals surface area contributed by atoms with E-state index in [0.29, 0.717) is 16.4 Å². The molecule has 1 unspecified atom stereocenters. The average molecular weight is 356 g/mol. The number of hydrogen-bond donors (Lipinski definition) is 1. The minimum absolute atomic E-state index is 0.183. The summed E-state index contributed by atoms with van der Waals surface area (Å²) in [5, 5.41) is 3.45. The highest BCUT2D eigenvalue weighted by Crippen LogP contribution is 2.39. The molecule has 1 N–H and O–H groups in total. The molecule has 2 rings (SSSR count). The predicted molar refractivity (Wildman–Crippen MR) is 90.9 cm³/mol. The van der Waals surface area contributed by atoms with Gasteiger partial charge in [-0.2, -0.15) is 0 Å². The zero-order valence-electron chi connectivity index (χ0n) is 13.2. The second-order valence-corrected chi connectivity index (χ2v) is 7.22. The lowest BCUT2D eigenvalue weighted by atomic mass is 9.75. The van der Waals surface area contributed by atoms with Gasteiger partial charge in [0.05, 0.1) is 4.47 Å². The zero-order chi connectivity index (χ0) is 15.2. The van der Waals surface area contributed by atoms with Crippen molar-refractivity contribution in [3.8, 4) is 0 Å². The molecule has 0 aliphatic heterocycles. The Balaban J connectivity index is 1.97. The molecule has 1 atom stereocenters. The molecule has 21 heavy (non-hydrogen) atoms. The first kappa shape index (κ1) is 17.0. The van der Waals surface area contributed by atoms with Crippen LogP contribution < -0.4 is 5.32 Å². The Kier molecular flexibility index (Phi) is 6.69. The summed E-state index contributed by atoms with van der Waals surface area (Å²) < 4.78 is 14.0. The van der Waals surface area contributed by atoms with E-state index in [1.54, 1.807) is 6.07 Å². The fourth-order valence-electron chi connectivity index (χ4n) is 3.68. The van der Waals surface area contributed by atoms with E-state index >= 15 is 0 Å². The Morgan fingerprint density at radius 2 is 2.00 bits per heavy atom. The third-order valence-corrected chi connectivity index (χ3v) is 5.55. The van der Waals surface area contributed by atoms with E-state index < -0.39 is 0 Å². The van der Waals surface area contributed by atoms with Crippen LogP contribution in [-0.2, 0) is 0 Å². The van der Waals surface area contributed by atoms with Crippen molar-refractivity contribution in [2.45, 2.75) is 57.9 Å². The third-order valence-electron chi connectivity index (χ3n) is 4.94. The van der Waals surface area contributed by atoms with Crippen molar-refractivity contribution in [1.82, 2.24) is 5.32 Å². The normalized spacial score (nSPS) is 24.0. The van der Waals surface area contributed by atoms with E-state index in [2.05, 4.69) is 28.2 Å². The molecule has 3 heteroatoms. The molecule has 118 valence electrons. The summed E-state index contributed by atoms with van der Waals surface area (Å²) >= 11 is 3.30. The van der Waals surface area contributed by atoms with Crippen LogP contribution in [0.5, 0.6) is 0 Å². The Morgan fingerprint density at radius 1 is 1.29 bits per heavy atom. The van der Waals surface area contributed by atoms with Crippen molar-refractivity contribution in [3.05, 3.63) is 34.1 Å². The van der Waals surface area contributed by atoms with Gasteiger partial charge in [0.15, 0.2) is 0 Å². The molecule has 1 saturated carbocycles. The van der Waals surface area contributed by atoms with Crippen molar-refractivity contribution in [3.63, 3.8) is 0 Å². The number of rotatable bonds is 6. The zero-order valence-corrected chi connectivity index (χ0v) is 14.8. The summed E-state index contributed by atoms with van der Waals surface area (Å²) in [5.74, 6) is 1.42. The summed E-state index contributed by atoms with van der Waals surface area (Å²) in [5.41, 5.74) is 1.20. The first-order valence-electron chi connectivity index (χ1n) is 8.28. The minimum atomic E-state index is -0.183. The van der Waals surface area contributed by atoms with Gasteiger partial charge in [0, 0.05) is 6.04 Å². The van der Waals surface area contributed by atoms with Crippen molar-refractivity contribution in [1.29, 1.82) is 0 Å². The highest BCUT2D eigenvalue weighted by molar-refractivity contribution is 9.10. The topological polar surface area (TPSA) is 12.0 Å². The first-order valence-corrected chi connectivity index (χ1v) is 9.07. The Labute approximate surface area is 136 Å². The number of hydrogen-bond acceptors (Lipinski definition) is 1. The summed E-state index contributed by atoms with van der Waals surface area (Å²) in [6, 6.07) is 5.76. The predicted octanol–water partition coefficient (Wildman–Crippen LogP) is 5.85. The molecule has 0 spiro atoms. The van der Waals surface area contributed by atoms with Crippen LogP contribution in [-0.4, -0.2) is 7.05 Å². The van der Waals surface area contributed by atoms with Crippen LogP contribution >= 0.6 is 15.9 Å². The van der Waals surface area contributed by atoms with Crippen LogP contribution in [0, 0.1) is 17.7 Å². The largest absolute Gasteiger partial charge is 0.313 e. The lowest BCUT2D eigenvalue weighted by Gasteiger charge is -2.34. The lowest BCUT2D eigenvalue weighted by Crippen LogP contribution is -2.28. The molecule has 1 aromatic carbocycles. The number of benzene rings is 1. The van der Waals surface area contributed by atoms with Crippen LogP contribution in [0.15, 0.2) is 22.7 Å². The highest BCUT2D eigenvalue weighted by Gasteiger charge is 2.27. The second-order valence-electron chi connectivity index (χ2n) is 6.36. The molecule has 0 radical (unpaired) electrons. The van der Waals surface area contributed by atoms with Crippen LogP contribution in [0.25, 0.3) is 0 Å². The summed E-state index contributed by atoms with van der Waals surface area (Å²) in [6.45, 7) is 2.27. The molecule has 0 heterocycles. The van der Waals surface area contributed by atoms with Crippen molar-refractivity contribution in [2.24, 2.45) is 11.8 Å². The number of nitrogens with one attached hydrogen (secondary N) is 1. The van der Waals surface area contributed by atoms with Gasteiger partial charge in [-0.25, -0.2) is 4.39 Å². The van der Waals surface area contributed by atoms with Crippen LogP contribution in [0.1, 0.15) is 63.5 Å². The molecule has 1 aliphatic carbocycles. The molecule has 0 aromatic heterocycles. The van der Waals surface area contributed by atoms with E-state index in [4.69, 9.17) is 0 Å². The summed E-state index contributed by atoms with van der Waals surface area (Å²) in [7, 11) is 2.02. The third kappa shape index (κ3) is 4.53. The van der Waals surface area contributed by atoms with Gasteiger partial charge in [-0.05, 0) is 65.4 Å².